The van der Waals surface area contributed by atoms with Crippen molar-refractivity contribution in [3.8, 4) is 0 Å². The molecule has 0 spiro atoms. The minimum atomic E-state index is 0.284. The molecule has 94 valence electrons. The summed E-state index contributed by atoms with van der Waals surface area (Å²) < 4.78 is 0. The molecular formula is C13H26N2O. The number of likely N-dealkylation sites (N-methyl/N-ethyl adjacent to an activating group) is 1. The monoisotopic (exact) mass is 226 g/mol. The molecular weight excluding hydrogens is 200 g/mol. The average molecular weight is 226 g/mol. The van der Waals surface area contributed by atoms with Crippen LogP contribution < -0.4 is 0 Å². The van der Waals surface area contributed by atoms with Gasteiger partial charge < -0.3 is 9.80 Å². The number of carbonyl (C=O) groups excluding carboxylic acids is 1. The van der Waals surface area contributed by atoms with E-state index in [4.69, 9.17) is 0 Å². The Hall–Kier alpha value is -0.570. The van der Waals surface area contributed by atoms with E-state index in [1.54, 1.807) is 0 Å². The fourth-order valence-corrected chi connectivity index (χ4v) is 2.10. The Balaban J connectivity index is 2.17. The first-order chi connectivity index (χ1) is 7.59. The van der Waals surface area contributed by atoms with Crippen LogP contribution in [0.4, 0.5) is 0 Å². The van der Waals surface area contributed by atoms with Gasteiger partial charge in [0, 0.05) is 26.6 Å². The highest BCUT2D eigenvalue weighted by Gasteiger charge is 2.13. The van der Waals surface area contributed by atoms with Crippen LogP contribution in [0.1, 0.15) is 39.5 Å². The van der Waals surface area contributed by atoms with Gasteiger partial charge in [-0.25, -0.2) is 0 Å². The molecule has 0 atom stereocenters. The molecule has 0 saturated carbocycles. The Morgan fingerprint density at radius 1 is 1.25 bits per heavy atom. The largest absolute Gasteiger partial charge is 0.344 e. The van der Waals surface area contributed by atoms with E-state index >= 15 is 0 Å². The van der Waals surface area contributed by atoms with Gasteiger partial charge in [-0.15, -0.1) is 0 Å². The van der Waals surface area contributed by atoms with Gasteiger partial charge in [-0.2, -0.15) is 0 Å². The second kappa shape index (κ2) is 6.89. The normalized spacial score (nSPS) is 17.8. The first kappa shape index (κ1) is 13.5. The SMILES string of the molecule is CC(C)CC(=O)N(C)CCN1CCCCC1. The van der Waals surface area contributed by atoms with Gasteiger partial charge in [0.05, 0.1) is 0 Å². The standard InChI is InChI=1S/C13H26N2O/c1-12(2)11-13(16)14(3)9-10-15-7-5-4-6-8-15/h12H,4-11H2,1-3H3. The summed E-state index contributed by atoms with van der Waals surface area (Å²) in [6, 6.07) is 0. The molecule has 16 heavy (non-hydrogen) atoms. The maximum atomic E-state index is 11.7. The molecule has 1 aliphatic rings. The van der Waals surface area contributed by atoms with Crippen LogP contribution in [-0.4, -0.2) is 48.9 Å². The molecule has 0 aliphatic carbocycles. The first-order valence-electron chi connectivity index (χ1n) is 6.56. The van der Waals surface area contributed by atoms with Crippen molar-refractivity contribution in [2.45, 2.75) is 39.5 Å². The van der Waals surface area contributed by atoms with Crippen LogP contribution in [0, 0.1) is 5.92 Å². The van der Waals surface area contributed by atoms with Gasteiger partial charge in [0.25, 0.3) is 0 Å². The van der Waals surface area contributed by atoms with Crippen LogP contribution in [0.15, 0.2) is 0 Å². The van der Waals surface area contributed by atoms with Gasteiger partial charge in [-0.1, -0.05) is 20.3 Å². The summed E-state index contributed by atoms with van der Waals surface area (Å²) in [7, 11) is 1.93. The van der Waals surface area contributed by atoms with E-state index in [0.29, 0.717) is 12.3 Å². The molecule has 0 aromatic heterocycles. The zero-order valence-corrected chi connectivity index (χ0v) is 11.0. The molecule has 3 heteroatoms. The zero-order chi connectivity index (χ0) is 12.0. The smallest absolute Gasteiger partial charge is 0.222 e. The molecule has 0 bridgehead atoms. The van der Waals surface area contributed by atoms with E-state index in [-0.39, 0.29) is 5.91 Å². The third-order valence-corrected chi connectivity index (χ3v) is 3.21. The molecule has 0 aromatic carbocycles. The summed E-state index contributed by atoms with van der Waals surface area (Å²) >= 11 is 0. The fraction of sp³-hybridized carbons (Fsp3) is 0.923. The molecule has 0 N–H and O–H groups in total. The topological polar surface area (TPSA) is 23.6 Å². The summed E-state index contributed by atoms with van der Waals surface area (Å²) in [5.41, 5.74) is 0. The number of likely N-dealkylation sites (tertiary alicyclic amines) is 1. The Labute approximate surface area is 99.8 Å². The van der Waals surface area contributed by atoms with Crippen molar-refractivity contribution in [2.24, 2.45) is 5.92 Å². The van der Waals surface area contributed by atoms with Crippen LogP contribution in [-0.2, 0) is 4.79 Å². The maximum absolute atomic E-state index is 11.7. The van der Waals surface area contributed by atoms with Gasteiger partial charge in [-0.3, -0.25) is 4.79 Å². The second-order valence-electron chi connectivity index (χ2n) is 5.32. The lowest BCUT2D eigenvalue weighted by atomic mass is 10.1. The second-order valence-corrected chi connectivity index (χ2v) is 5.32. The summed E-state index contributed by atoms with van der Waals surface area (Å²) in [4.78, 5) is 16.1. The summed E-state index contributed by atoms with van der Waals surface area (Å²) in [6.45, 7) is 8.54. The predicted molar refractivity (Wildman–Crippen MR) is 67.4 cm³/mol. The van der Waals surface area contributed by atoms with Crippen LogP contribution >= 0.6 is 0 Å². The minimum Gasteiger partial charge on any atom is -0.344 e. The molecule has 0 radical (unpaired) electrons. The van der Waals surface area contributed by atoms with Crippen molar-refractivity contribution in [3.05, 3.63) is 0 Å². The van der Waals surface area contributed by atoms with Crippen LogP contribution in [0.25, 0.3) is 0 Å². The number of nitrogens with zero attached hydrogens (tertiary/aromatic N) is 2. The lowest BCUT2D eigenvalue weighted by Gasteiger charge is -2.28. The van der Waals surface area contributed by atoms with Crippen LogP contribution in [0.3, 0.4) is 0 Å². The van der Waals surface area contributed by atoms with Gasteiger partial charge in [0.2, 0.25) is 5.91 Å². The average Bonchev–Trinajstić information content (AvgIpc) is 2.26. The van der Waals surface area contributed by atoms with Crippen molar-refractivity contribution >= 4 is 5.91 Å². The number of amides is 1. The molecule has 1 fully saturated rings. The highest BCUT2D eigenvalue weighted by molar-refractivity contribution is 5.76. The number of piperidine rings is 1. The Morgan fingerprint density at radius 3 is 2.44 bits per heavy atom. The number of carbonyl (C=O) groups is 1. The molecule has 1 saturated heterocycles. The van der Waals surface area contributed by atoms with Gasteiger partial charge in [0.15, 0.2) is 0 Å². The van der Waals surface area contributed by atoms with Gasteiger partial charge in [-0.05, 0) is 31.8 Å². The molecule has 1 amide bonds. The number of rotatable bonds is 5. The van der Waals surface area contributed by atoms with Crippen LogP contribution in [0.5, 0.6) is 0 Å². The summed E-state index contributed by atoms with van der Waals surface area (Å²) in [6.07, 6.45) is 4.70. The quantitative estimate of drug-likeness (QED) is 0.715. The third-order valence-electron chi connectivity index (χ3n) is 3.21. The highest BCUT2D eigenvalue weighted by atomic mass is 16.2. The molecule has 3 nitrogen and oxygen atoms in total. The molecule has 0 aromatic rings. The van der Waals surface area contributed by atoms with E-state index in [2.05, 4.69) is 18.7 Å². The van der Waals surface area contributed by atoms with Crippen molar-refractivity contribution < 1.29 is 4.79 Å². The maximum Gasteiger partial charge on any atom is 0.222 e. The van der Waals surface area contributed by atoms with E-state index < -0.39 is 0 Å². The van der Waals surface area contributed by atoms with E-state index in [1.165, 1.54) is 32.4 Å². The Kier molecular flexibility index (Phi) is 5.81. The first-order valence-corrected chi connectivity index (χ1v) is 6.56. The predicted octanol–water partition coefficient (Wildman–Crippen LogP) is 1.98. The Morgan fingerprint density at radius 2 is 1.88 bits per heavy atom. The summed E-state index contributed by atoms with van der Waals surface area (Å²) in [5, 5.41) is 0. The van der Waals surface area contributed by atoms with Crippen molar-refractivity contribution in [1.29, 1.82) is 0 Å². The van der Waals surface area contributed by atoms with E-state index in [9.17, 15) is 4.79 Å². The zero-order valence-electron chi connectivity index (χ0n) is 11.0. The third kappa shape index (κ3) is 4.97. The van der Waals surface area contributed by atoms with Crippen molar-refractivity contribution in [1.82, 2.24) is 9.80 Å². The fourth-order valence-electron chi connectivity index (χ4n) is 2.10. The van der Waals surface area contributed by atoms with Crippen molar-refractivity contribution in [3.63, 3.8) is 0 Å². The molecule has 1 aliphatic heterocycles. The lowest BCUT2D eigenvalue weighted by Crippen LogP contribution is -2.38. The Bertz CT molecular complexity index is 210. The molecule has 0 unspecified atom stereocenters. The van der Waals surface area contributed by atoms with E-state index in [0.717, 1.165) is 13.1 Å². The molecule has 1 heterocycles. The van der Waals surface area contributed by atoms with Gasteiger partial charge in [0.1, 0.15) is 0 Å². The molecule has 1 rings (SSSR count). The minimum absolute atomic E-state index is 0.284. The van der Waals surface area contributed by atoms with Gasteiger partial charge >= 0.3 is 0 Å². The van der Waals surface area contributed by atoms with Crippen molar-refractivity contribution in [2.75, 3.05) is 33.2 Å². The summed E-state index contributed by atoms with van der Waals surface area (Å²) in [5.74, 6) is 0.747. The van der Waals surface area contributed by atoms with Crippen LogP contribution in [0.2, 0.25) is 0 Å². The number of hydrogen-bond acceptors (Lipinski definition) is 2. The highest BCUT2D eigenvalue weighted by Crippen LogP contribution is 2.08. The van der Waals surface area contributed by atoms with E-state index in [1.807, 2.05) is 11.9 Å². The number of hydrogen-bond donors (Lipinski definition) is 0. The lowest BCUT2D eigenvalue weighted by molar-refractivity contribution is -0.130.